The first-order valence-electron chi connectivity index (χ1n) is 9.68. The third-order valence-corrected chi connectivity index (χ3v) is 5.03. The van der Waals surface area contributed by atoms with E-state index >= 15 is 0 Å². The van der Waals surface area contributed by atoms with Crippen molar-refractivity contribution in [3.63, 3.8) is 0 Å². The molecule has 4 rings (SSSR count). The van der Waals surface area contributed by atoms with Crippen LogP contribution in [0, 0.1) is 5.92 Å². The van der Waals surface area contributed by atoms with Gasteiger partial charge in [-0.25, -0.2) is 0 Å². The molecule has 0 aromatic heterocycles. The number of carbonyl (C=O) groups excluding carboxylic acids is 1. The first-order chi connectivity index (χ1) is 14.0. The average molecular weight is 395 g/mol. The van der Waals surface area contributed by atoms with Crippen molar-refractivity contribution in [2.45, 2.75) is 20.4 Å². The smallest absolute Gasteiger partial charge is 0.231 e. The van der Waals surface area contributed by atoms with Gasteiger partial charge in [0, 0.05) is 18.7 Å². The molecule has 2 aliphatic heterocycles. The highest BCUT2D eigenvalue weighted by Crippen LogP contribution is 2.43. The molecule has 0 bridgehead atoms. The molecule has 6 nitrogen and oxygen atoms in total. The van der Waals surface area contributed by atoms with E-state index in [0.29, 0.717) is 42.0 Å². The molecule has 0 radical (unpaired) electrons. The van der Waals surface area contributed by atoms with Gasteiger partial charge < -0.3 is 18.9 Å². The number of hydrogen-bond acceptors (Lipinski definition) is 6. The molecule has 2 aliphatic rings. The SMILES string of the molecule is COc1cccc(/C=C2\Oc3c(ccc4c3CN(CC(C)C)CO4)C2=O)c1OC. The molecular weight excluding hydrogens is 370 g/mol. The second-order valence-electron chi connectivity index (χ2n) is 7.62. The quantitative estimate of drug-likeness (QED) is 0.710. The van der Waals surface area contributed by atoms with Gasteiger partial charge in [-0.1, -0.05) is 26.0 Å². The van der Waals surface area contributed by atoms with Crippen molar-refractivity contribution in [2.24, 2.45) is 5.92 Å². The van der Waals surface area contributed by atoms with Crippen LogP contribution in [0.2, 0.25) is 0 Å². The van der Waals surface area contributed by atoms with E-state index in [4.69, 9.17) is 18.9 Å². The number of Topliss-reactive ketones (excluding diaryl/α,β-unsaturated/α-hetero) is 1. The predicted octanol–water partition coefficient (Wildman–Crippen LogP) is 4.13. The maximum atomic E-state index is 13.0. The summed E-state index contributed by atoms with van der Waals surface area (Å²) >= 11 is 0. The summed E-state index contributed by atoms with van der Waals surface area (Å²) in [6.45, 7) is 6.50. The van der Waals surface area contributed by atoms with Crippen molar-refractivity contribution >= 4 is 11.9 Å². The second kappa shape index (κ2) is 7.79. The van der Waals surface area contributed by atoms with Gasteiger partial charge in [-0.3, -0.25) is 9.69 Å². The van der Waals surface area contributed by atoms with Crippen molar-refractivity contribution in [1.29, 1.82) is 0 Å². The third-order valence-electron chi connectivity index (χ3n) is 5.03. The topological polar surface area (TPSA) is 57.2 Å². The van der Waals surface area contributed by atoms with E-state index in [1.807, 2.05) is 24.3 Å². The number of para-hydroxylation sites is 1. The van der Waals surface area contributed by atoms with Crippen LogP contribution in [0.4, 0.5) is 0 Å². The maximum Gasteiger partial charge on any atom is 0.231 e. The van der Waals surface area contributed by atoms with Crippen molar-refractivity contribution < 1.29 is 23.7 Å². The Labute approximate surface area is 170 Å². The van der Waals surface area contributed by atoms with Crippen LogP contribution in [-0.4, -0.2) is 38.2 Å². The van der Waals surface area contributed by atoms with Gasteiger partial charge in [-0.2, -0.15) is 0 Å². The number of ketones is 1. The van der Waals surface area contributed by atoms with E-state index in [0.717, 1.165) is 23.4 Å². The highest BCUT2D eigenvalue weighted by Gasteiger charge is 2.34. The Kier molecular flexibility index (Phi) is 5.20. The van der Waals surface area contributed by atoms with Gasteiger partial charge in [-0.05, 0) is 30.2 Å². The van der Waals surface area contributed by atoms with Crippen molar-refractivity contribution in [3.8, 4) is 23.0 Å². The Morgan fingerprint density at radius 2 is 2.00 bits per heavy atom. The lowest BCUT2D eigenvalue weighted by atomic mass is 10.0. The number of allylic oxidation sites excluding steroid dienone is 1. The van der Waals surface area contributed by atoms with Crippen LogP contribution in [0.1, 0.15) is 35.3 Å². The van der Waals surface area contributed by atoms with Crippen LogP contribution >= 0.6 is 0 Å². The van der Waals surface area contributed by atoms with Crippen LogP contribution < -0.4 is 18.9 Å². The van der Waals surface area contributed by atoms with Gasteiger partial charge in [0.05, 0.1) is 25.3 Å². The van der Waals surface area contributed by atoms with Crippen LogP contribution in [0.5, 0.6) is 23.0 Å². The van der Waals surface area contributed by atoms with E-state index in [1.54, 1.807) is 26.4 Å². The van der Waals surface area contributed by atoms with E-state index in [-0.39, 0.29) is 11.5 Å². The molecule has 0 saturated heterocycles. The standard InChI is InChI=1S/C23H25NO5/c1-14(2)11-24-12-17-18(28-13-24)9-8-16-21(25)20(29-23(16)17)10-15-6-5-7-19(26-3)22(15)27-4/h5-10,14H,11-13H2,1-4H3/b20-10-. The highest BCUT2D eigenvalue weighted by atomic mass is 16.5. The number of nitrogens with zero attached hydrogens (tertiary/aromatic N) is 1. The fourth-order valence-corrected chi connectivity index (χ4v) is 3.80. The van der Waals surface area contributed by atoms with Gasteiger partial charge in [0.2, 0.25) is 5.78 Å². The van der Waals surface area contributed by atoms with E-state index in [1.165, 1.54) is 0 Å². The molecule has 0 aliphatic carbocycles. The molecule has 0 atom stereocenters. The zero-order chi connectivity index (χ0) is 20.5. The number of ether oxygens (including phenoxy) is 4. The number of carbonyl (C=O) groups is 1. The largest absolute Gasteiger partial charge is 0.493 e. The molecule has 0 unspecified atom stereocenters. The zero-order valence-corrected chi connectivity index (χ0v) is 17.2. The van der Waals surface area contributed by atoms with Gasteiger partial charge >= 0.3 is 0 Å². The summed E-state index contributed by atoms with van der Waals surface area (Å²) in [7, 11) is 3.15. The summed E-state index contributed by atoms with van der Waals surface area (Å²) in [6.07, 6.45) is 1.70. The van der Waals surface area contributed by atoms with Gasteiger partial charge in [-0.15, -0.1) is 0 Å². The van der Waals surface area contributed by atoms with Crippen molar-refractivity contribution in [2.75, 3.05) is 27.5 Å². The molecule has 6 heteroatoms. The minimum Gasteiger partial charge on any atom is -0.493 e. The number of methoxy groups -OCH3 is 2. The number of fused-ring (bicyclic) bond motifs is 3. The average Bonchev–Trinajstić information content (AvgIpc) is 3.03. The molecule has 0 spiro atoms. The molecule has 2 aromatic rings. The molecule has 0 N–H and O–H groups in total. The number of hydrogen-bond donors (Lipinski definition) is 0. The Bertz CT molecular complexity index is 979. The van der Waals surface area contributed by atoms with Crippen LogP contribution in [-0.2, 0) is 6.54 Å². The molecule has 2 aromatic carbocycles. The molecule has 0 saturated carbocycles. The third kappa shape index (κ3) is 3.56. The lowest BCUT2D eigenvalue weighted by Crippen LogP contribution is -2.34. The highest BCUT2D eigenvalue weighted by molar-refractivity contribution is 6.15. The van der Waals surface area contributed by atoms with Crippen molar-refractivity contribution in [3.05, 3.63) is 52.8 Å². The zero-order valence-electron chi connectivity index (χ0n) is 17.2. The number of rotatable bonds is 5. The molecule has 29 heavy (non-hydrogen) atoms. The summed E-state index contributed by atoms with van der Waals surface area (Å²) in [4.78, 5) is 15.2. The van der Waals surface area contributed by atoms with Gasteiger partial charge in [0.15, 0.2) is 17.3 Å². The predicted molar refractivity (Wildman–Crippen MR) is 110 cm³/mol. The molecule has 0 fully saturated rings. The normalized spacial score (nSPS) is 17.0. The molecule has 2 heterocycles. The van der Waals surface area contributed by atoms with E-state index in [2.05, 4.69) is 18.7 Å². The number of benzene rings is 2. The van der Waals surface area contributed by atoms with E-state index < -0.39 is 0 Å². The van der Waals surface area contributed by atoms with Gasteiger partial charge in [0.25, 0.3) is 0 Å². The second-order valence-corrected chi connectivity index (χ2v) is 7.62. The lowest BCUT2D eigenvalue weighted by Gasteiger charge is -2.30. The molecule has 152 valence electrons. The van der Waals surface area contributed by atoms with Crippen LogP contribution in [0.25, 0.3) is 6.08 Å². The Balaban J connectivity index is 1.69. The van der Waals surface area contributed by atoms with Crippen LogP contribution in [0.15, 0.2) is 36.1 Å². The summed E-state index contributed by atoms with van der Waals surface area (Å²) in [5.41, 5.74) is 2.20. The van der Waals surface area contributed by atoms with Gasteiger partial charge in [0.1, 0.15) is 18.2 Å². The molecular formula is C23H25NO5. The fourth-order valence-electron chi connectivity index (χ4n) is 3.80. The minimum atomic E-state index is -0.145. The van der Waals surface area contributed by atoms with Crippen molar-refractivity contribution in [1.82, 2.24) is 4.90 Å². The molecule has 0 amide bonds. The summed E-state index contributed by atoms with van der Waals surface area (Å²) in [5.74, 6) is 3.17. The Morgan fingerprint density at radius 3 is 2.72 bits per heavy atom. The summed E-state index contributed by atoms with van der Waals surface area (Å²) < 4.78 is 22.8. The minimum absolute atomic E-state index is 0.145. The van der Waals surface area contributed by atoms with E-state index in [9.17, 15) is 4.79 Å². The van der Waals surface area contributed by atoms with Crippen LogP contribution in [0.3, 0.4) is 0 Å². The first kappa shape index (κ1) is 19.3. The maximum absolute atomic E-state index is 13.0. The summed E-state index contributed by atoms with van der Waals surface area (Å²) in [6, 6.07) is 9.15. The summed E-state index contributed by atoms with van der Waals surface area (Å²) in [5, 5.41) is 0. The Morgan fingerprint density at radius 1 is 1.17 bits per heavy atom. The lowest BCUT2D eigenvalue weighted by molar-refractivity contribution is 0.0832. The Hall–Kier alpha value is -2.99. The fraction of sp³-hybridized carbons (Fsp3) is 0.348. The monoisotopic (exact) mass is 395 g/mol. The first-order valence-corrected chi connectivity index (χ1v) is 9.68.